The second-order valence-electron chi connectivity index (χ2n) is 7.06. The van der Waals surface area contributed by atoms with Crippen molar-refractivity contribution in [2.75, 3.05) is 13.1 Å². The molecule has 1 aliphatic heterocycles. The fourth-order valence-corrected chi connectivity index (χ4v) is 3.78. The summed E-state index contributed by atoms with van der Waals surface area (Å²) in [6.07, 6.45) is 4.20. The van der Waals surface area contributed by atoms with Crippen LogP contribution in [-0.4, -0.2) is 37.9 Å². The molecule has 0 amide bonds. The van der Waals surface area contributed by atoms with Crippen molar-refractivity contribution >= 4 is 5.65 Å². The lowest BCUT2D eigenvalue weighted by atomic mass is 9.94. The Labute approximate surface area is 160 Å². The van der Waals surface area contributed by atoms with Crippen molar-refractivity contribution in [3.8, 4) is 11.5 Å². The van der Waals surface area contributed by atoms with Crippen molar-refractivity contribution < 1.29 is 4.42 Å². The van der Waals surface area contributed by atoms with Crippen molar-refractivity contribution in [3.63, 3.8) is 0 Å². The van der Waals surface area contributed by atoms with Crippen LogP contribution in [0, 0.1) is 0 Å². The average molecular weight is 376 g/mol. The Kier molecular flexibility index (Phi) is 4.25. The lowest BCUT2D eigenvalue weighted by Gasteiger charge is -2.23. The zero-order chi connectivity index (χ0) is 18.9. The van der Waals surface area contributed by atoms with Crippen molar-refractivity contribution in [1.82, 2.24) is 30.1 Å². The van der Waals surface area contributed by atoms with Gasteiger partial charge >= 0.3 is 0 Å². The Morgan fingerprint density at radius 1 is 1.14 bits per heavy atom. The summed E-state index contributed by atoms with van der Waals surface area (Å²) in [7, 11) is 0. The topological polar surface area (TPSA) is 101 Å². The van der Waals surface area contributed by atoms with Gasteiger partial charge in [0.05, 0.1) is 18.3 Å². The Balaban J connectivity index is 1.52. The normalized spacial score (nSPS) is 15.3. The van der Waals surface area contributed by atoms with E-state index in [4.69, 9.17) is 4.42 Å². The number of aromatic amines is 1. The molecule has 0 unspecified atom stereocenters. The number of hydrogen-bond acceptors (Lipinski definition) is 6. The number of benzene rings is 1. The van der Waals surface area contributed by atoms with Crippen LogP contribution >= 0.6 is 0 Å². The molecule has 5 rings (SSSR count). The molecule has 4 aromatic rings. The maximum atomic E-state index is 12.3. The molecule has 0 spiro atoms. The third-order valence-electron chi connectivity index (χ3n) is 5.19. The van der Waals surface area contributed by atoms with Gasteiger partial charge in [0.1, 0.15) is 11.2 Å². The molecule has 0 radical (unpaired) electrons. The van der Waals surface area contributed by atoms with Crippen LogP contribution in [-0.2, 0) is 6.42 Å². The van der Waals surface area contributed by atoms with Crippen molar-refractivity contribution in [3.05, 3.63) is 70.1 Å². The summed E-state index contributed by atoms with van der Waals surface area (Å²) in [6, 6.07) is 11.6. The van der Waals surface area contributed by atoms with E-state index >= 15 is 0 Å². The smallest absolute Gasteiger partial charge is 0.253 e. The number of rotatable bonds is 4. The van der Waals surface area contributed by atoms with Crippen LogP contribution in [0.2, 0.25) is 0 Å². The van der Waals surface area contributed by atoms with E-state index in [2.05, 4.69) is 25.6 Å². The largest absolute Gasteiger partial charge is 0.420 e. The highest BCUT2D eigenvalue weighted by Gasteiger charge is 2.22. The second-order valence-corrected chi connectivity index (χ2v) is 7.06. The second kappa shape index (κ2) is 7.05. The zero-order valence-corrected chi connectivity index (χ0v) is 15.3. The van der Waals surface area contributed by atoms with Gasteiger partial charge in [0, 0.05) is 12.0 Å². The summed E-state index contributed by atoms with van der Waals surface area (Å²) in [6.45, 7) is 1.89. The number of piperidine rings is 1. The first kappa shape index (κ1) is 16.9. The monoisotopic (exact) mass is 376 g/mol. The number of aromatic nitrogens is 5. The Morgan fingerprint density at radius 3 is 2.79 bits per heavy atom. The maximum absolute atomic E-state index is 12.3. The first-order valence-electron chi connectivity index (χ1n) is 9.46. The summed E-state index contributed by atoms with van der Waals surface area (Å²) in [4.78, 5) is 15.2. The maximum Gasteiger partial charge on any atom is 0.253 e. The van der Waals surface area contributed by atoms with Crippen LogP contribution in [0.15, 0.2) is 51.8 Å². The average Bonchev–Trinajstić information content (AvgIpc) is 3.35. The lowest BCUT2D eigenvalue weighted by Crippen LogP contribution is -2.28. The number of hydrogen-bond donors (Lipinski definition) is 2. The number of nitrogens with one attached hydrogen (secondary N) is 2. The third kappa shape index (κ3) is 3.11. The highest BCUT2D eigenvalue weighted by molar-refractivity contribution is 5.70. The van der Waals surface area contributed by atoms with E-state index in [0.29, 0.717) is 35.3 Å². The fourth-order valence-electron chi connectivity index (χ4n) is 3.78. The van der Waals surface area contributed by atoms with Gasteiger partial charge in [-0.15, -0.1) is 10.2 Å². The van der Waals surface area contributed by atoms with E-state index in [1.807, 2.05) is 30.3 Å². The Bertz CT molecular complexity index is 1150. The predicted molar refractivity (Wildman–Crippen MR) is 103 cm³/mol. The molecule has 28 heavy (non-hydrogen) atoms. The van der Waals surface area contributed by atoms with E-state index in [9.17, 15) is 4.79 Å². The van der Waals surface area contributed by atoms with Gasteiger partial charge in [-0.3, -0.25) is 4.79 Å². The molecule has 1 aromatic carbocycles. The van der Waals surface area contributed by atoms with Crippen LogP contribution in [0.3, 0.4) is 0 Å². The van der Waals surface area contributed by atoms with Gasteiger partial charge in [-0.25, -0.2) is 4.52 Å². The predicted octanol–water partition coefficient (Wildman–Crippen LogP) is 2.13. The molecule has 8 heteroatoms. The highest BCUT2D eigenvalue weighted by atomic mass is 16.4. The molecular formula is C20H20N6O2. The molecule has 0 bridgehead atoms. The van der Waals surface area contributed by atoms with Crippen molar-refractivity contribution in [1.29, 1.82) is 0 Å². The summed E-state index contributed by atoms with van der Waals surface area (Å²) in [5.74, 6) is 1.19. The van der Waals surface area contributed by atoms with E-state index in [-0.39, 0.29) is 5.56 Å². The molecule has 4 heterocycles. The zero-order valence-electron chi connectivity index (χ0n) is 15.3. The minimum atomic E-state index is -0.146. The molecule has 142 valence electrons. The molecule has 0 aliphatic carbocycles. The van der Waals surface area contributed by atoms with Gasteiger partial charge in [-0.1, -0.05) is 30.3 Å². The van der Waals surface area contributed by atoms with Crippen LogP contribution in [0.25, 0.3) is 17.1 Å². The molecule has 1 fully saturated rings. The standard InChI is InChI=1S/C20H20N6O2/c27-17-11-16(14-6-8-21-9-7-14)26-19(23-17)15(12-22-26)20-25-24-18(28-20)10-13-4-2-1-3-5-13/h1-5,11-12,14,21H,6-10H2,(H,23,27). The van der Waals surface area contributed by atoms with E-state index in [1.165, 1.54) is 0 Å². The molecule has 0 atom stereocenters. The first-order valence-corrected chi connectivity index (χ1v) is 9.46. The molecule has 8 nitrogen and oxygen atoms in total. The Morgan fingerprint density at radius 2 is 1.96 bits per heavy atom. The molecule has 0 saturated carbocycles. The minimum Gasteiger partial charge on any atom is -0.420 e. The van der Waals surface area contributed by atoms with E-state index < -0.39 is 0 Å². The summed E-state index contributed by atoms with van der Waals surface area (Å²) < 4.78 is 7.66. The lowest BCUT2D eigenvalue weighted by molar-refractivity contribution is 0.446. The molecule has 1 aliphatic rings. The molecule has 1 saturated heterocycles. The van der Waals surface area contributed by atoms with E-state index in [0.717, 1.165) is 37.2 Å². The van der Waals surface area contributed by atoms with Crippen LogP contribution in [0.5, 0.6) is 0 Å². The number of nitrogens with zero attached hydrogens (tertiary/aromatic N) is 4. The fraction of sp³-hybridized carbons (Fsp3) is 0.300. The molecular weight excluding hydrogens is 356 g/mol. The first-order chi connectivity index (χ1) is 13.8. The highest BCUT2D eigenvalue weighted by Crippen LogP contribution is 2.28. The quantitative estimate of drug-likeness (QED) is 0.566. The summed E-state index contributed by atoms with van der Waals surface area (Å²) in [5.41, 5.74) is 3.11. The number of fused-ring (bicyclic) bond motifs is 1. The summed E-state index contributed by atoms with van der Waals surface area (Å²) in [5, 5.41) is 16.2. The van der Waals surface area contributed by atoms with Gasteiger partial charge in [0.15, 0.2) is 0 Å². The minimum absolute atomic E-state index is 0.146. The number of H-pyrrole nitrogens is 1. The van der Waals surface area contributed by atoms with Gasteiger partial charge in [-0.2, -0.15) is 5.10 Å². The van der Waals surface area contributed by atoms with Gasteiger partial charge in [-0.05, 0) is 31.5 Å². The van der Waals surface area contributed by atoms with Crippen molar-refractivity contribution in [2.45, 2.75) is 25.2 Å². The Hall–Kier alpha value is -3.26. The van der Waals surface area contributed by atoms with Crippen molar-refractivity contribution in [2.24, 2.45) is 0 Å². The van der Waals surface area contributed by atoms with Crippen LogP contribution in [0.4, 0.5) is 0 Å². The van der Waals surface area contributed by atoms with Crippen LogP contribution < -0.4 is 10.9 Å². The molecule has 2 N–H and O–H groups in total. The van der Waals surface area contributed by atoms with E-state index in [1.54, 1.807) is 16.8 Å². The third-order valence-corrected chi connectivity index (χ3v) is 5.19. The molecule has 3 aromatic heterocycles. The van der Waals surface area contributed by atoms with Gasteiger partial charge in [0.25, 0.3) is 11.4 Å². The van der Waals surface area contributed by atoms with Gasteiger partial charge < -0.3 is 14.7 Å². The SMILES string of the molecule is O=c1cc(C2CCNCC2)n2ncc(-c3nnc(Cc4ccccc4)o3)c2[nH]1. The van der Waals surface area contributed by atoms with Crippen LogP contribution in [0.1, 0.15) is 35.9 Å². The summed E-state index contributed by atoms with van der Waals surface area (Å²) >= 11 is 0. The van der Waals surface area contributed by atoms with Gasteiger partial charge in [0.2, 0.25) is 5.89 Å².